The largest absolute Gasteiger partial charge is 0.497 e. The van der Waals surface area contributed by atoms with Gasteiger partial charge >= 0.3 is 0 Å². The SMILES string of the molecule is COc1ccc2c(c1)C(N1CCN(C(=O)c3cccnc3Cl)CC1)=Nc1ccccc1O2. The summed E-state index contributed by atoms with van der Waals surface area (Å²) in [4.78, 5) is 25.9. The first kappa shape index (κ1) is 20.3. The molecule has 2 aromatic carbocycles. The highest BCUT2D eigenvalue weighted by molar-refractivity contribution is 6.32. The highest BCUT2D eigenvalue weighted by Crippen LogP contribution is 2.39. The molecule has 1 saturated heterocycles. The van der Waals surface area contributed by atoms with Crippen molar-refractivity contribution < 1.29 is 14.3 Å². The number of amidine groups is 1. The van der Waals surface area contributed by atoms with E-state index in [0.717, 1.165) is 28.6 Å². The molecule has 7 nitrogen and oxygen atoms in total. The molecule has 0 saturated carbocycles. The predicted octanol–water partition coefficient (Wildman–Crippen LogP) is 4.39. The van der Waals surface area contributed by atoms with Crippen LogP contribution in [0.3, 0.4) is 0 Å². The number of halogens is 1. The van der Waals surface area contributed by atoms with Gasteiger partial charge in [0, 0.05) is 32.4 Å². The summed E-state index contributed by atoms with van der Waals surface area (Å²) in [7, 11) is 1.64. The molecule has 0 bridgehead atoms. The van der Waals surface area contributed by atoms with E-state index >= 15 is 0 Å². The fourth-order valence-electron chi connectivity index (χ4n) is 3.91. The molecule has 0 unspecified atom stereocenters. The van der Waals surface area contributed by atoms with Crippen molar-refractivity contribution >= 4 is 29.0 Å². The van der Waals surface area contributed by atoms with Gasteiger partial charge in [0.05, 0.1) is 18.2 Å². The van der Waals surface area contributed by atoms with Gasteiger partial charge in [-0.25, -0.2) is 9.98 Å². The van der Waals surface area contributed by atoms with E-state index in [1.54, 1.807) is 30.3 Å². The number of benzene rings is 2. The van der Waals surface area contributed by atoms with Crippen LogP contribution in [0.15, 0.2) is 65.8 Å². The van der Waals surface area contributed by atoms with Crippen LogP contribution in [-0.2, 0) is 0 Å². The number of piperazine rings is 1. The van der Waals surface area contributed by atoms with Crippen LogP contribution in [0.25, 0.3) is 0 Å². The molecule has 3 aromatic rings. The number of carbonyl (C=O) groups excluding carboxylic acids is 1. The minimum atomic E-state index is -0.110. The number of amides is 1. The molecule has 2 aliphatic heterocycles. The van der Waals surface area contributed by atoms with Gasteiger partial charge in [0.25, 0.3) is 5.91 Å². The Balaban J connectivity index is 1.44. The number of methoxy groups -OCH3 is 1. The van der Waals surface area contributed by atoms with Crippen molar-refractivity contribution in [1.29, 1.82) is 0 Å². The summed E-state index contributed by atoms with van der Waals surface area (Å²) in [5, 5.41) is 0.225. The van der Waals surface area contributed by atoms with Crippen LogP contribution in [0.5, 0.6) is 17.2 Å². The van der Waals surface area contributed by atoms with Crippen molar-refractivity contribution in [3.05, 3.63) is 77.1 Å². The lowest BCUT2D eigenvalue weighted by molar-refractivity contribution is 0.0692. The Morgan fingerprint density at radius 1 is 1.03 bits per heavy atom. The minimum Gasteiger partial charge on any atom is -0.497 e. The van der Waals surface area contributed by atoms with Crippen LogP contribution in [0.2, 0.25) is 5.15 Å². The fourth-order valence-corrected chi connectivity index (χ4v) is 4.11. The highest BCUT2D eigenvalue weighted by Gasteiger charge is 2.29. The summed E-state index contributed by atoms with van der Waals surface area (Å²) in [6, 6.07) is 16.8. The number of ether oxygens (including phenoxy) is 2. The lowest BCUT2D eigenvalue weighted by atomic mass is 10.1. The van der Waals surface area contributed by atoms with Crippen molar-refractivity contribution in [3.8, 4) is 17.2 Å². The molecule has 1 amide bonds. The van der Waals surface area contributed by atoms with Gasteiger partial charge < -0.3 is 19.3 Å². The van der Waals surface area contributed by atoms with Crippen LogP contribution in [0.1, 0.15) is 15.9 Å². The Bertz CT molecular complexity index is 1210. The lowest BCUT2D eigenvalue weighted by Crippen LogP contribution is -2.50. The number of hydrogen-bond donors (Lipinski definition) is 0. The van der Waals surface area contributed by atoms with Gasteiger partial charge in [0.15, 0.2) is 5.75 Å². The quantitative estimate of drug-likeness (QED) is 0.544. The Morgan fingerprint density at radius 3 is 2.62 bits per heavy atom. The molecule has 0 spiro atoms. The monoisotopic (exact) mass is 448 g/mol. The Kier molecular flexibility index (Phi) is 5.41. The van der Waals surface area contributed by atoms with Crippen molar-refractivity contribution in [1.82, 2.24) is 14.8 Å². The molecule has 0 radical (unpaired) electrons. The molecule has 2 aliphatic rings. The topological polar surface area (TPSA) is 67.3 Å². The number of rotatable bonds is 2. The van der Waals surface area contributed by atoms with Crippen molar-refractivity contribution in [3.63, 3.8) is 0 Å². The summed E-state index contributed by atoms with van der Waals surface area (Å²) < 4.78 is 11.6. The van der Waals surface area contributed by atoms with Gasteiger partial charge in [0.1, 0.15) is 28.2 Å². The molecule has 8 heteroatoms. The number of hydrogen-bond acceptors (Lipinski definition) is 6. The van der Waals surface area contributed by atoms with Gasteiger partial charge in [0.2, 0.25) is 0 Å². The number of para-hydroxylation sites is 2. The van der Waals surface area contributed by atoms with Gasteiger partial charge in [-0.15, -0.1) is 0 Å². The van der Waals surface area contributed by atoms with Gasteiger partial charge in [-0.3, -0.25) is 4.79 Å². The normalized spacial score (nSPS) is 15.1. The van der Waals surface area contributed by atoms with E-state index in [-0.39, 0.29) is 11.1 Å². The molecule has 3 heterocycles. The first-order valence-electron chi connectivity index (χ1n) is 10.3. The number of carbonyl (C=O) groups is 1. The van der Waals surface area contributed by atoms with Crippen LogP contribution in [0, 0.1) is 0 Å². The van der Waals surface area contributed by atoms with Crippen LogP contribution < -0.4 is 9.47 Å². The number of pyridine rings is 1. The minimum absolute atomic E-state index is 0.110. The van der Waals surface area contributed by atoms with Gasteiger partial charge in [-0.05, 0) is 42.5 Å². The Hall–Kier alpha value is -3.58. The van der Waals surface area contributed by atoms with E-state index in [0.29, 0.717) is 37.5 Å². The highest BCUT2D eigenvalue weighted by atomic mass is 35.5. The van der Waals surface area contributed by atoms with Crippen molar-refractivity contribution in [2.45, 2.75) is 0 Å². The average molecular weight is 449 g/mol. The van der Waals surface area contributed by atoms with Gasteiger partial charge in [-0.1, -0.05) is 23.7 Å². The number of aliphatic imine (C=N–C) groups is 1. The zero-order valence-electron chi connectivity index (χ0n) is 17.5. The Labute approximate surface area is 190 Å². The molecule has 32 heavy (non-hydrogen) atoms. The standard InChI is InChI=1S/C24H21ClN4O3/c1-31-16-8-9-20-18(15-16)23(27-19-6-2-3-7-21(19)32-20)28-11-13-29(14-12-28)24(30)17-5-4-10-26-22(17)25/h2-10,15H,11-14H2,1H3. The maximum atomic E-state index is 12.9. The van der Waals surface area contributed by atoms with E-state index in [2.05, 4.69) is 9.88 Å². The van der Waals surface area contributed by atoms with Crippen molar-refractivity contribution in [2.24, 2.45) is 4.99 Å². The molecule has 0 atom stereocenters. The summed E-state index contributed by atoms with van der Waals surface area (Å²) in [5.74, 6) is 2.84. The van der Waals surface area contributed by atoms with E-state index in [4.69, 9.17) is 26.1 Å². The number of aromatic nitrogens is 1. The van der Waals surface area contributed by atoms with Crippen LogP contribution in [-0.4, -0.2) is 59.8 Å². The third-order valence-electron chi connectivity index (χ3n) is 5.60. The second-order valence-corrected chi connectivity index (χ2v) is 7.85. The maximum absolute atomic E-state index is 12.9. The Morgan fingerprint density at radius 2 is 1.84 bits per heavy atom. The first-order chi connectivity index (χ1) is 15.6. The fraction of sp³-hybridized carbons (Fsp3) is 0.208. The molecule has 0 aliphatic carbocycles. The second kappa shape index (κ2) is 8.51. The smallest absolute Gasteiger partial charge is 0.257 e. The van der Waals surface area contributed by atoms with E-state index in [9.17, 15) is 4.79 Å². The van der Waals surface area contributed by atoms with E-state index in [1.165, 1.54) is 0 Å². The number of nitrogens with zero attached hydrogens (tertiary/aromatic N) is 4. The molecule has 1 fully saturated rings. The molecule has 5 rings (SSSR count). The zero-order chi connectivity index (χ0) is 22.1. The summed E-state index contributed by atoms with van der Waals surface area (Å²) in [6.45, 7) is 2.35. The van der Waals surface area contributed by atoms with E-state index < -0.39 is 0 Å². The molecule has 0 N–H and O–H groups in total. The van der Waals surface area contributed by atoms with Crippen molar-refractivity contribution in [2.75, 3.05) is 33.3 Å². The third-order valence-corrected chi connectivity index (χ3v) is 5.90. The average Bonchev–Trinajstić information content (AvgIpc) is 3.00. The first-order valence-corrected chi connectivity index (χ1v) is 10.7. The lowest BCUT2D eigenvalue weighted by Gasteiger charge is -2.36. The zero-order valence-corrected chi connectivity index (χ0v) is 18.2. The van der Waals surface area contributed by atoms with E-state index in [1.807, 2.05) is 42.5 Å². The molecular formula is C24H21ClN4O3. The summed E-state index contributed by atoms with van der Waals surface area (Å²) >= 11 is 6.13. The van der Waals surface area contributed by atoms with Crippen LogP contribution in [0.4, 0.5) is 5.69 Å². The van der Waals surface area contributed by atoms with Gasteiger partial charge in [-0.2, -0.15) is 0 Å². The summed E-state index contributed by atoms with van der Waals surface area (Å²) in [6.07, 6.45) is 1.58. The molecule has 162 valence electrons. The third kappa shape index (κ3) is 3.76. The number of fused-ring (bicyclic) bond motifs is 2. The maximum Gasteiger partial charge on any atom is 0.257 e. The molecular weight excluding hydrogens is 428 g/mol. The van der Waals surface area contributed by atoms with Crippen LogP contribution >= 0.6 is 11.6 Å². The predicted molar refractivity (Wildman–Crippen MR) is 122 cm³/mol. The summed E-state index contributed by atoms with van der Waals surface area (Å²) in [5.41, 5.74) is 2.04. The second-order valence-electron chi connectivity index (χ2n) is 7.49. The molecule has 1 aromatic heterocycles.